The number of carbonyl (C=O) groups excluding carboxylic acids is 2. The summed E-state index contributed by atoms with van der Waals surface area (Å²) in [6.45, 7) is -0.153. The van der Waals surface area contributed by atoms with Crippen molar-refractivity contribution in [3.05, 3.63) is 0 Å². The highest BCUT2D eigenvalue weighted by Gasteiger charge is 2.30. The molecule has 56 valence electrons. The Labute approximate surface area is 64.8 Å². The van der Waals surface area contributed by atoms with Crippen molar-refractivity contribution in [2.45, 2.75) is 6.42 Å². The third kappa shape index (κ3) is 1.11. The smallest absolute Gasteiger partial charge is 0.273 e. The number of halogens is 2. The van der Waals surface area contributed by atoms with E-state index >= 15 is 0 Å². The van der Waals surface area contributed by atoms with E-state index in [1.54, 1.807) is 0 Å². The van der Waals surface area contributed by atoms with Gasteiger partial charge in [0.15, 0.2) is 0 Å². The van der Waals surface area contributed by atoms with E-state index in [4.69, 9.17) is 0 Å². The van der Waals surface area contributed by atoms with Gasteiger partial charge in [-0.25, -0.2) is 4.79 Å². The van der Waals surface area contributed by atoms with Crippen LogP contribution in [0.2, 0.25) is 0 Å². The zero-order valence-corrected chi connectivity index (χ0v) is 6.47. The Hall–Kier alpha value is -0.650. The first-order valence-electron chi connectivity index (χ1n) is 2.59. The Balaban J connectivity index is 2.70. The number of amides is 3. The summed E-state index contributed by atoms with van der Waals surface area (Å²) in [6, 6.07) is -0.962. The van der Waals surface area contributed by atoms with Crippen LogP contribution in [0.25, 0.3) is 0 Å². The quantitative estimate of drug-likeness (QED) is 0.557. The summed E-state index contributed by atoms with van der Waals surface area (Å²) < 4.78 is 12.8. The molecule has 10 heavy (non-hydrogen) atoms. The van der Waals surface area contributed by atoms with E-state index in [1.807, 2.05) is 0 Å². The van der Waals surface area contributed by atoms with Crippen molar-refractivity contribution < 1.29 is 14.1 Å². The molecule has 0 N–H and O–H groups in total. The van der Waals surface area contributed by atoms with E-state index in [1.165, 1.54) is 0 Å². The summed E-state index contributed by atoms with van der Waals surface area (Å²) in [5, 5.41) is -0.0177. The minimum atomic E-state index is -0.962. The summed E-state index contributed by atoms with van der Waals surface area (Å²) in [7, 11) is 0. The number of imide groups is 1. The molecule has 1 aliphatic rings. The van der Waals surface area contributed by atoms with Crippen molar-refractivity contribution in [1.82, 2.24) is 9.05 Å². The number of hydrogen-bond acceptors (Lipinski definition) is 2. The van der Waals surface area contributed by atoms with Crippen LogP contribution in [-0.4, -0.2) is 27.5 Å². The molecule has 1 heterocycles. The highest BCUT2D eigenvalue weighted by molar-refractivity contribution is 9.08. The highest BCUT2D eigenvalue weighted by Crippen LogP contribution is 2.13. The third-order valence-corrected chi connectivity index (χ3v) is 1.82. The molecule has 1 fully saturated rings. The van der Waals surface area contributed by atoms with Crippen LogP contribution in [0.4, 0.5) is 9.28 Å². The fourth-order valence-corrected chi connectivity index (χ4v) is 0.939. The molecule has 0 spiro atoms. The lowest BCUT2D eigenvalue weighted by Gasteiger charge is -2.22. The van der Waals surface area contributed by atoms with E-state index in [0.29, 0.717) is 3.93 Å². The number of rotatable bonds is 0. The van der Waals surface area contributed by atoms with Gasteiger partial charge >= 0.3 is 6.03 Å². The van der Waals surface area contributed by atoms with Crippen LogP contribution in [0.3, 0.4) is 0 Å². The maximum atomic E-state index is 12.3. The molecule has 0 atom stereocenters. The molecule has 1 aliphatic heterocycles. The van der Waals surface area contributed by atoms with Crippen molar-refractivity contribution in [2.24, 2.45) is 0 Å². The number of urea groups is 1. The van der Waals surface area contributed by atoms with E-state index in [-0.39, 0.29) is 18.1 Å². The van der Waals surface area contributed by atoms with Gasteiger partial charge in [0, 0.05) is 6.42 Å². The van der Waals surface area contributed by atoms with Gasteiger partial charge in [0.05, 0.1) is 22.7 Å². The third-order valence-electron chi connectivity index (χ3n) is 1.12. The van der Waals surface area contributed by atoms with Crippen molar-refractivity contribution in [1.29, 1.82) is 0 Å². The topological polar surface area (TPSA) is 40.6 Å². The zero-order valence-electron chi connectivity index (χ0n) is 4.88. The molecule has 0 bridgehead atoms. The molecule has 3 amide bonds. The van der Waals surface area contributed by atoms with Crippen molar-refractivity contribution in [3.63, 3.8) is 0 Å². The van der Waals surface area contributed by atoms with Crippen LogP contribution in [-0.2, 0) is 4.79 Å². The van der Waals surface area contributed by atoms with E-state index in [9.17, 15) is 14.1 Å². The van der Waals surface area contributed by atoms with E-state index < -0.39 is 11.9 Å². The van der Waals surface area contributed by atoms with Gasteiger partial charge in [0.1, 0.15) is 0 Å². The lowest BCUT2D eigenvalue weighted by molar-refractivity contribution is -0.128. The summed E-state index contributed by atoms with van der Waals surface area (Å²) in [4.78, 5) is 21.2. The fourth-order valence-electron chi connectivity index (χ4n) is 0.590. The lowest BCUT2D eigenvalue weighted by atomic mass is 10.3. The second kappa shape index (κ2) is 2.53. The molecule has 0 aromatic heterocycles. The van der Waals surface area contributed by atoms with Crippen LogP contribution in [0, 0.1) is 0 Å². The minimum Gasteiger partial charge on any atom is -0.273 e. The molecule has 0 aromatic rings. The molecule has 1 saturated heterocycles. The second-order valence-electron chi connectivity index (χ2n) is 1.79. The van der Waals surface area contributed by atoms with Crippen molar-refractivity contribution in [3.8, 4) is 0 Å². The van der Waals surface area contributed by atoms with Gasteiger partial charge in [-0.15, -0.1) is 0 Å². The van der Waals surface area contributed by atoms with Gasteiger partial charge in [-0.3, -0.25) is 4.79 Å². The van der Waals surface area contributed by atoms with Gasteiger partial charge in [-0.1, -0.05) is 4.48 Å². The SMILES string of the molecule is O=C1CCN(F)C(=O)N1Br. The number of hydrogen-bond donors (Lipinski definition) is 0. The van der Waals surface area contributed by atoms with Crippen molar-refractivity contribution >= 4 is 28.1 Å². The minimum absolute atomic E-state index is 0.0177. The van der Waals surface area contributed by atoms with Gasteiger partial charge in [0.25, 0.3) is 0 Å². The summed E-state index contributed by atoms with van der Waals surface area (Å²) in [5.41, 5.74) is 0. The number of carbonyl (C=O) groups is 2. The van der Waals surface area contributed by atoms with Crippen molar-refractivity contribution in [2.75, 3.05) is 6.54 Å². The Bertz CT molecular complexity index is 186. The summed E-state index contributed by atoms with van der Waals surface area (Å²) in [5.74, 6) is -0.418. The first kappa shape index (κ1) is 7.46. The van der Waals surface area contributed by atoms with Gasteiger partial charge < -0.3 is 0 Å². The normalized spacial score (nSPS) is 20.2. The average Bonchev–Trinajstić information content (AvgIpc) is 1.93. The molecule has 1 rings (SSSR count). The Morgan fingerprint density at radius 2 is 2.10 bits per heavy atom. The summed E-state index contributed by atoms with van der Waals surface area (Å²) in [6.07, 6.45) is 0.0213. The average molecular weight is 211 g/mol. The number of nitrogens with zero attached hydrogens (tertiary/aromatic N) is 2. The van der Waals surface area contributed by atoms with Crippen LogP contribution in [0.5, 0.6) is 0 Å². The molecular formula is C4H4BrFN2O2. The van der Waals surface area contributed by atoms with Crippen LogP contribution in [0.15, 0.2) is 0 Å². The highest BCUT2D eigenvalue weighted by atomic mass is 79.9. The Kier molecular flexibility index (Phi) is 1.89. The maximum Gasteiger partial charge on any atom is 0.365 e. The van der Waals surface area contributed by atoms with Crippen LogP contribution < -0.4 is 0 Å². The fraction of sp³-hybridized carbons (Fsp3) is 0.500. The lowest BCUT2D eigenvalue weighted by Crippen LogP contribution is -2.43. The van der Waals surface area contributed by atoms with Crippen LogP contribution in [0.1, 0.15) is 6.42 Å². The summed E-state index contributed by atoms with van der Waals surface area (Å²) >= 11 is 2.61. The van der Waals surface area contributed by atoms with E-state index in [2.05, 4.69) is 16.1 Å². The Morgan fingerprint density at radius 3 is 2.60 bits per heavy atom. The van der Waals surface area contributed by atoms with Gasteiger partial charge in [0.2, 0.25) is 5.91 Å². The Morgan fingerprint density at radius 1 is 1.50 bits per heavy atom. The molecule has 0 radical (unpaired) electrons. The predicted molar refractivity (Wildman–Crippen MR) is 33.6 cm³/mol. The molecule has 6 heteroatoms. The maximum absolute atomic E-state index is 12.3. The van der Waals surface area contributed by atoms with E-state index in [0.717, 1.165) is 0 Å². The molecular weight excluding hydrogens is 207 g/mol. The molecule has 0 aromatic carbocycles. The largest absolute Gasteiger partial charge is 0.365 e. The van der Waals surface area contributed by atoms with Crippen LogP contribution >= 0.6 is 16.1 Å². The molecule has 4 nitrogen and oxygen atoms in total. The monoisotopic (exact) mass is 210 g/mol. The first-order valence-corrected chi connectivity index (χ1v) is 3.30. The standard InChI is InChI=1S/C4H4BrFN2O2/c5-8-3(9)1-2-7(6)4(8)10/h1-2H2. The zero-order chi connectivity index (χ0) is 7.72. The molecule has 0 aliphatic carbocycles. The predicted octanol–water partition coefficient (Wildman–Crippen LogP) is 0.835. The van der Waals surface area contributed by atoms with Gasteiger partial charge in [-0.2, -0.15) is 9.05 Å². The van der Waals surface area contributed by atoms with Gasteiger partial charge in [-0.05, 0) is 0 Å². The molecule has 0 unspecified atom stereocenters. The second-order valence-corrected chi connectivity index (χ2v) is 2.50. The first-order chi connectivity index (χ1) is 4.63. The molecule has 0 saturated carbocycles.